The summed E-state index contributed by atoms with van der Waals surface area (Å²) in [5.74, 6) is 2.78. The quantitative estimate of drug-likeness (QED) is 0.818. The molecule has 3 heterocycles. The minimum absolute atomic E-state index is 0.277. The van der Waals surface area contributed by atoms with Crippen LogP contribution in [-0.4, -0.2) is 34.8 Å². The summed E-state index contributed by atoms with van der Waals surface area (Å²) < 4.78 is 18.0. The third-order valence-electron chi connectivity index (χ3n) is 3.47. The van der Waals surface area contributed by atoms with Crippen molar-refractivity contribution in [2.75, 3.05) is 20.0 Å². The molecule has 0 N–H and O–H groups in total. The third kappa shape index (κ3) is 1.76. The highest BCUT2D eigenvalue weighted by Gasteiger charge is 2.24. The van der Waals surface area contributed by atoms with Crippen LogP contribution in [0.15, 0.2) is 24.5 Å². The van der Waals surface area contributed by atoms with E-state index in [4.69, 9.17) is 14.2 Å². The minimum Gasteiger partial charge on any atom is -0.454 e. The normalized spacial score (nSPS) is 20.9. The highest BCUT2D eigenvalue weighted by atomic mass is 16.7. The van der Waals surface area contributed by atoms with Gasteiger partial charge in [-0.2, -0.15) is 5.10 Å². The third-order valence-corrected chi connectivity index (χ3v) is 3.47. The number of aromatic nitrogens is 3. The number of hydrogen-bond donors (Lipinski definition) is 0. The molecular weight excluding hydrogens is 246 g/mol. The monoisotopic (exact) mass is 259 g/mol. The van der Waals surface area contributed by atoms with Crippen molar-refractivity contribution in [2.45, 2.75) is 12.3 Å². The molecule has 1 aromatic heterocycles. The Balaban J connectivity index is 1.74. The maximum absolute atomic E-state index is 5.42. The zero-order valence-electron chi connectivity index (χ0n) is 10.3. The molecule has 2 aliphatic rings. The van der Waals surface area contributed by atoms with Crippen molar-refractivity contribution in [1.82, 2.24) is 14.8 Å². The summed E-state index contributed by atoms with van der Waals surface area (Å²) in [7, 11) is 0. The van der Waals surface area contributed by atoms with E-state index in [2.05, 4.69) is 10.1 Å². The number of benzene rings is 1. The van der Waals surface area contributed by atoms with E-state index in [-0.39, 0.29) is 6.79 Å². The summed E-state index contributed by atoms with van der Waals surface area (Å²) in [6.45, 7) is 1.78. The van der Waals surface area contributed by atoms with Crippen LogP contribution in [-0.2, 0) is 4.74 Å². The van der Waals surface area contributed by atoms with Crippen LogP contribution >= 0.6 is 0 Å². The second-order valence-electron chi connectivity index (χ2n) is 4.63. The van der Waals surface area contributed by atoms with Crippen LogP contribution in [0.1, 0.15) is 18.2 Å². The van der Waals surface area contributed by atoms with Crippen LogP contribution < -0.4 is 9.47 Å². The SMILES string of the molecule is c1nc([C@@H]2CCOC2)n(-c2ccc3c(c2)OCO3)n1. The molecule has 2 aromatic rings. The van der Waals surface area contributed by atoms with Crippen molar-refractivity contribution in [3.63, 3.8) is 0 Å². The summed E-state index contributed by atoms with van der Waals surface area (Å²) >= 11 is 0. The van der Waals surface area contributed by atoms with Crippen molar-refractivity contribution in [2.24, 2.45) is 0 Å². The van der Waals surface area contributed by atoms with Crippen LogP contribution in [0, 0.1) is 0 Å². The largest absolute Gasteiger partial charge is 0.454 e. The van der Waals surface area contributed by atoms with E-state index >= 15 is 0 Å². The molecule has 2 aliphatic heterocycles. The van der Waals surface area contributed by atoms with Gasteiger partial charge in [0.05, 0.1) is 12.3 Å². The Kier molecular flexibility index (Phi) is 2.41. The molecule has 98 valence electrons. The van der Waals surface area contributed by atoms with Gasteiger partial charge in [-0.05, 0) is 18.6 Å². The molecule has 19 heavy (non-hydrogen) atoms. The number of nitrogens with zero attached hydrogens (tertiary/aromatic N) is 3. The van der Waals surface area contributed by atoms with Gasteiger partial charge in [0.15, 0.2) is 11.5 Å². The first-order valence-electron chi connectivity index (χ1n) is 6.29. The molecule has 6 heteroatoms. The number of hydrogen-bond acceptors (Lipinski definition) is 5. The molecule has 0 unspecified atom stereocenters. The summed E-state index contributed by atoms with van der Waals surface area (Å²) in [6, 6.07) is 5.78. The fourth-order valence-corrected chi connectivity index (χ4v) is 2.48. The summed E-state index contributed by atoms with van der Waals surface area (Å²) in [4.78, 5) is 4.37. The highest BCUT2D eigenvalue weighted by molar-refractivity contribution is 5.50. The standard InChI is InChI=1S/C13H13N3O3/c1-2-11-12(19-8-18-11)5-10(1)16-13(14-7-15-16)9-3-4-17-6-9/h1-2,5,7,9H,3-4,6,8H2/t9-/m1/s1. The van der Waals surface area contributed by atoms with Gasteiger partial charge in [0.1, 0.15) is 12.2 Å². The van der Waals surface area contributed by atoms with E-state index in [1.165, 1.54) is 0 Å². The molecule has 1 atom stereocenters. The molecule has 0 spiro atoms. The predicted octanol–water partition coefficient (Wildman–Crippen LogP) is 1.50. The Labute approximate surface area is 109 Å². The molecule has 0 aliphatic carbocycles. The van der Waals surface area contributed by atoms with E-state index in [0.717, 1.165) is 36.0 Å². The summed E-state index contributed by atoms with van der Waals surface area (Å²) in [5, 5.41) is 4.31. The van der Waals surface area contributed by atoms with Gasteiger partial charge in [0, 0.05) is 18.6 Å². The summed E-state index contributed by atoms with van der Waals surface area (Å²) in [6.07, 6.45) is 2.57. The number of rotatable bonds is 2. The van der Waals surface area contributed by atoms with Crippen LogP contribution in [0.4, 0.5) is 0 Å². The molecule has 0 radical (unpaired) electrons. The molecule has 6 nitrogen and oxygen atoms in total. The lowest BCUT2D eigenvalue weighted by Gasteiger charge is -2.10. The van der Waals surface area contributed by atoms with Crippen LogP contribution in [0.5, 0.6) is 11.5 Å². The van der Waals surface area contributed by atoms with Crippen LogP contribution in [0.3, 0.4) is 0 Å². The van der Waals surface area contributed by atoms with Gasteiger partial charge in [-0.3, -0.25) is 0 Å². The van der Waals surface area contributed by atoms with Gasteiger partial charge in [-0.25, -0.2) is 9.67 Å². The van der Waals surface area contributed by atoms with Gasteiger partial charge in [-0.15, -0.1) is 0 Å². The Hall–Kier alpha value is -2.08. The molecule has 0 bridgehead atoms. The Morgan fingerprint density at radius 3 is 3.05 bits per heavy atom. The Morgan fingerprint density at radius 1 is 1.21 bits per heavy atom. The molecule has 0 saturated carbocycles. The Morgan fingerprint density at radius 2 is 2.16 bits per heavy atom. The molecular formula is C13H13N3O3. The van der Waals surface area contributed by atoms with Crippen molar-refractivity contribution in [1.29, 1.82) is 0 Å². The van der Waals surface area contributed by atoms with Crippen molar-refractivity contribution >= 4 is 0 Å². The first-order chi connectivity index (χ1) is 9.42. The van der Waals surface area contributed by atoms with Crippen molar-refractivity contribution in [3.8, 4) is 17.2 Å². The van der Waals surface area contributed by atoms with Gasteiger partial charge in [0.25, 0.3) is 0 Å². The maximum atomic E-state index is 5.42. The van der Waals surface area contributed by atoms with E-state index < -0.39 is 0 Å². The molecule has 4 rings (SSSR count). The van der Waals surface area contributed by atoms with E-state index in [0.29, 0.717) is 12.5 Å². The fraction of sp³-hybridized carbons (Fsp3) is 0.385. The van der Waals surface area contributed by atoms with Gasteiger partial charge in [0.2, 0.25) is 6.79 Å². The second kappa shape index (κ2) is 4.24. The maximum Gasteiger partial charge on any atom is 0.231 e. The van der Waals surface area contributed by atoms with Gasteiger partial charge in [-0.1, -0.05) is 0 Å². The lowest BCUT2D eigenvalue weighted by Crippen LogP contribution is -2.09. The molecule has 1 aromatic carbocycles. The topological polar surface area (TPSA) is 58.4 Å². The van der Waals surface area contributed by atoms with Crippen molar-refractivity contribution < 1.29 is 14.2 Å². The van der Waals surface area contributed by atoms with Gasteiger partial charge >= 0.3 is 0 Å². The highest BCUT2D eigenvalue weighted by Crippen LogP contribution is 2.34. The van der Waals surface area contributed by atoms with Crippen LogP contribution in [0.2, 0.25) is 0 Å². The molecule has 1 saturated heterocycles. The lowest BCUT2D eigenvalue weighted by molar-refractivity contribution is 0.174. The predicted molar refractivity (Wildman–Crippen MR) is 65.7 cm³/mol. The van der Waals surface area contributed by atoms with E-state index in [9.17, 15) is 0 Å². The van der Waals surface area contributed by atoms with Crippen molar-refractivity contribution in [3.05, 3.63) is 30.4 Å². The molecule has 0 amide bonds. The zero-order valence-corrected chi connectivity index (χ0v) is 10.3. The smallest absolute Gasteiger partial charge is 0.231 e. The number of fused-ring (bicyclic) bond motifs is 1. The number of ether oxygens (including phenoxy) is 3. The van der Waals surface area contributed by atoms with E-state index in [1.807, 2.05) is 22.9 Å². The minimum atomic E-state index is 0.277. The average Bonchev–Trinajstić information content (AvgIpc) is 3.18. The summed E-state index contributed by atoms with van der Waals surface area (Å²) in [5.41, 5.74) is 0.934. The lowest BCUT2D eigenvalue weighted by atomic mass is 10.1. The van der Waals surface area contributed by atoms with Gasteiger partial charge < -0.3 is 14.2 Å². The first kappa shape index (κ1) is 10.8. The van der Waals surface area contributed by atoms with Crippen LogP contribution in [0.25, 0.3) is 5.69 Å². The Bertz CT molecular complexity index is 605. The molecule has 1 fully saturated rings. The fourth-order valence-electron chi connectivity index (χ4n) is 2.48. The second-order valence-corrected chi connectivity index (χ2v) is 4.63. The average molecular weight is 259 g/mol. The zero-order chi connectivity index (χ0) is 12.7. The van der Waals surface area contributed by atoms with E-state index in [1.54, 1.807) is 6.33 Å². The first-order valence-corrected chi connectivity index (χ1v) is 6.29.